The van der Waals surface area contributed by atoms with Gasteiger partial charge in [0.05, 0.1) is 10.4 Å². The highest BCUT2D eigenvalue weighted by molar-refractivity contribution is 5.80. The maximum atomic E-state index is 12.3. The van der Waals surface area contributed by atoms with Crippen LogP contribution in [0.25, 0.3) is 11.1 Å². The van der Waals surface area contributed by atoms with Crippen molar-refractivity contribution in [2.45, 2.75) is 13.0 Å². The average molecular weight is 328 g/mol. The second-order valence-corrected chi connectivity index (χ2v) is 5.05. The molecule has 0 aliphatic carbocycles. The molecule has 24 heavy (non-hydrogen) atoms. The summed E-state index contributed by atoms with van der Waals surface area (Å²) in [4.78, 5) is 34.3. The molecule has 0 aliphatic rings. The Bertz CT molecular complexity index is 970. The maximum absolute atomic E-state index is 12.3. The number of rotatable bonds is 4. The molecule has 1 heterocycles. The Balaban J connectivity index is 1.85. The van der Waals surface area contributed by atoms with Gasteiger partial charge in [-0.1, -0.05) is 12.1 Å². The lowest BCUT2D eigenvalue weighted by molar-refractivity contribution is -0.384. The van der Waals surface area contributed by atoms with E-state index in [9.17, 15) is 19.7 Å². The summed E-state index contributed by atoms with van der Waals surface area (Å²) in [5, 5.41) is 10.6. The molecule has 0 aliphatic heterocycles. The van der Waals surface area contributed by atoms with Crippen LogP contribution in [0, 0.1) is 10.1 Å². The highest BCUT2D eigenvalue weighted by atomic mass is 16.6. The van der Waals surface area contributed by atoms with Gasteiger partial charge in [-0.25, -0.2) is 9.59 Å². The van der Waals surface area contributed by atoms with Gasteiger partial charge >= 0.3 is 11.7 Å². The number of hydrogen-bond donors (Lipinski definition) is 0. The summed E-state index contributed by atoms with van der Waals surface area (Å²) in [7, 11) is 0. The smallest absolute Gasteiger partial charge is 0.420 e. The fraction of sp³-hybridized carbons (Fsp3) is 0.125. The normalized spacial score (nSPS) is 12.0. The van der Waals surface area contributed by atoms with Crippen molar-refractivity contribution in [2.24, 2.45) is 0 Å². The molecule has 0 amide bonds. The number of fused-ring (bicyclic) bond motifs is 1. The van der Waals surface area contributed by atoms with E-state index in [2.05, 4.69) is 0 Å². The van der Waals surface area contributed by atoms with Gasteiger partial charge in [0.25, 0.3) is 5.69 Å². The molecule has 0 fully saturated rings. The number of non-ortho nitro benzene ring substituents is 1. The number of nitro groups is 1. The van der Waals surface area contributed by atoms with Gasteiger partial charge in [-0.05, 0) is 31.2 Å². The molecule has 1 aromatic heterocycles. The van der Waals surface area contributed by atoms with E-state index in [0.717, 1.165) is 0 Å². The van der Waals surface area contributed by atoms with Crippen molar-refractivity contribution in [3.05, 3.63) is 69.2 Å². The van der Waals surface area contributed by atoms with Crippen molar-refractivity contribution in [2.75, 3.05) is 0 Å². The molecule has 8 heteroatoms. The highest BCUT2D eigenvalue weighted by Crippen LogP contribution is 2.21. The van der Waals surface area contributed by atoms with E-state index < -0.39 is 22.7 Å². The fourth-order valence-corrected chi connectivity index (χ4v) is 2.29. The minimum absolute atomic E-state index is 0.111. The van der Waals surface area contributed by atoms with Crippen molar-refractivity contribution >= 4 is 22.8 Å². The third-order valence-electron chi connectivity index (χ3n) is 3.51. The molecule has 1 unspecified atom stereocenters. The van der Waals surface area contributed by atoms with Crippen LogP contribution in [0.4, 0.5) is 5.69 Å². The summed E-state index contributed by atoms with van der Waals surface area (Å²) in [5.74, 6) is -1.19. The predicted molar refractivity (Wildman–Crippen MR) is 83.9 cm³/mol. The van der Waals surface area contributed by atoms with Crippen LogP contribution in [0.3, 0.4) is 0 Å². The van der Waals surface area contributed by atoms with Crippen molar-refractivity contribution in [1.82, 2.24) is 4.57 Å². The van der Waals surface area contributed by atoms with Gasteiger partial charge in [0.15, 0.2) is 5.58 Å². The van der Waals surface area contributed by atoms with E-state index in [4.69, 9.17) is 9.15 Å². The van der Waals surface area contributed by atoms with Gasteiger partial charge in [0, 0.05) is 12.1 Å². The minimum atomic E-state index is -0.920. The SMILES string of the molecule is CC(C(=O)Oc1ccc([N+](=O)[O-])cc1)n1c(=O)oc2ccccc21. The van der Waals surface area contributed by atoms with E-state index in [1.54, 1.807) is 24.3 Å². The largest absolute Gasteiger partial charge is 0.425 e. The zero-order valence-corrected chi connectivity index (χ0v) is 12.5. The molecule has 3 rings (SSSR count). The van der Waals surface area contributed by atoms with E-state index in [0.29, 0.717) is 11.1 Å². The van der Waals surface area contributed by atoms with Gasteiger partial charge < -0.3 is 9.15 Å². The molecule has 8 nitrogen and oxygen atoms in total. The first-order valence-electron chi connectivity index (χ1n) is 7.03. The van der Waals surface area contributed by atoms with Gasteiger partial charge in [0.2, 0.25) is 0 Å². The number of hydrogen-bond acceptors (Lipinski definition) is 6. The first kappa shape index (κ1) is 15.5. The van der Waals surface area contributed by atoms with Crippen LogP contribution in [-0.2, 0) is 4.79 Å². The third kappa shape index (κ3) is 2.76. The molecular weight excluding hydrogens is 316 g/mol. The molecule has 0 radical (unpaired) electrons. The predicted octanol–water partition coefficient (Wildman–Crippen LogP) is 2.67. The Labute approximate surface area is 135 Å². The molecule has 0 bridgehead atoms. The summed E-state index contributed by atoms with van der Waals surface area (Å²) in [5.41, 5.74) is 0.744. The summed E-state index contributed by atoms with van der Waals surface area (Å²) >= 11 is 0. The second-order valence-electron chi connectivity index (χ2n) is 5.05. The highest BCUT2D eigenvalue weighted by Gasteiger charge is 2.23. The van der Waals surface area contributed by atoms with Gasteiger partial charge in [0.1, 0.15) is 11.8 Å². The standard InChI is InChI=1S/C16H12N2O6/c1-10(17-13-4-2-3-5-14(13)24-16(17)20)15(19)23-12-8-6-11(7-9-12)18(21)22/h2-10H,1H3. The number of para-hydroxylation sites is 2. The van der Waals surface area contributed by atoms with Gasteiger partial charge in [-0.3, -0.25) is 14.7 Å². The van der Waals surface area contributed by atoms with Crippen LogP contribution in [-0.4, -0.2) is 15.5 Å². The van der Waals surface area contributed by atoms with Crippen LogP contribution in [0.15, 0.2) is 57.7 Å². The molecule has 0 spiro atoms. The van der Waals surface area contributed by atoms with Gasteiger partial charge in [-0.2, -0.15) is 0 Å². The van der Waals surface area contributed by atoms with Crippen LogP contribution < -0.4 is 10.5 Å². The molecule has 2 aromatic carbocycles. The van der Waals surface area contributed by atoms with Crippen LogP contribution in [0.5, 0.6) is 5.75 Å². The Kier molecular flexibility index (Phi) is 3.87. The Hall–Kier alpha value is -3.42. The second kappa shape index (κ2) is 5.99. The monoisotopic (exact) mass is 328 g/mol. The number of benzene rings is 2. The Morgan fingerprint density at radius 2 is 1.88 bits per heavy atom. The zero-order chi connectivity index (χ0) is 17.3. The molecule has 122 valence electrons. The molecule has 1 atom stereocenters. The van der Waals surface area contributed by atoms with E-state index in [-0.39, 0.29) is 11.4 Å². The van der Waals surface area contributed by atoms with Crippen LogP contribution in [0.1, 0.15) is 13.0 Å². The maximum Gasteiger partial charge on any atom is 0.420 e. The van der Waals surface area contributed by atoms with Crippen molar-refractivity contribution < 1.29 is 18.9 Å². The average Bonchev–Trinajstić information content (AvgIpc) is 2.90. The van der Waals surface area contributed by atoms with Gasteiger partial charge in [-0.15, -0.1) is 0 Å². The van der Waals surface area contributed by atoms with Crippen molar-refractivity contribution in [3.63, 3.8) is 0 Å². The fourth-order valence-electron chi connectivity index (χ4n) is 2.29. The van der Waals surface area contributed by atoms with E-state index >= 15 is 0 Å². The summed E-state index contributed by atoms with van der Waals surface area (Å²) in [6, 6.07) is 10.9. The molecule has 0 N–H and O–H groups in total. The topological polar surface area (TPSA) is 105 Å². The first-order chi connectivity index (χ1) is 11.5. The molecule has 0 saturated heterocycles. The zero-order valence-electron chi connectivity index (χ0n) is 12.5. The third-order valence-corrected chi connectivity index (χ3v) is 3.51. The number of aromatic nitrogens is 1. The number of ether oxygens (including phenoxy) is 1. The lowest BCUT2D eigenvalue weighted by Gasteiger charge is -2.12. The quantitative estimate of drug-likeness (QED) is 0.315. The van der Waals surface area contributed by atoms with E-state index in [1.807, 2.05) is 0 Å². The van der Waals surface area contributed by atoms with Crippen LogP contribution >= 0.6 is 0 Å². The van der Waals surface area contributed by atoms with Crippen LogP contribution in [0.2, 0.25) is 0 Å². The number of nitrogens with zero attached hydrogens (tertiary/aromatic N) is 2. The summed E-state index contributed by atoms with van der Waals surface area (Å²) in [6.45, 7) is 1.51. The lowest BCUT2D eigenvalue weighted by Crippen LogP contribution is -2.28. The lowest BCUT2D eigenvalue weighted by atomic mass is 10.2. The molecule has 3 aromatic rings. The number of oxazole rings is 1. The van der Waals surface area contributed by atoms with Crippen molar-refractivity contribution in [3.8, 4) is 5.75 Å². The number of nitro benzene ring substituents is 1. The first-order valence-corrected chi connectivity index (χ1v) is 7.03. The number of carbonyl (C=O) groups excluding carboxylic acids is 1. The van der Waals surface area contributed by atoms with Crippen molar-refractivity contribution in [1.29, 1.82) is 0 Å². The molecular formula is C16H12N2O6. The molecule has 0 saturated carbocycles. The van der Waals surface area contributed by atoms with E-state index in [1.165, 1.54) is 35.8 Å². The number of esters is 1. The number of carbonyl (C=O) groups is 1. The Morgan fingerprint density at radius 3 is 2.54 bits per heavy atom. The minimum Gasteiger partial charge on any atom is -0.425 e. The summed E-state index contributed by atoms with van der Waals surface area (Å²) < 4.78 is 11.5. The Morgan fingerprint density at radius 1 is 1.21 bits per heavy atom. The summed E-state index contributed by atoms with van der Waals surface area (Å²) in [6.07, 6.45) is 0.